The first-order valence-corrected chi connectivity index (χ1v) is 6.79. The normalized spacial score (nSPS) is 13.6. The van der Waals surface area contributed by atoms with Crippen molar-refractivity contribution in [2.24, 2.45) is 0 Å². The summed E-state index contributed by atoms with van der Waals surface area (Å²) in [6, 6.07) is 0.174. The number of sulfonamides is 1. The third-order valence-corrected chi connectivity index (χ3v) is 3.57. The third-order valence-electron chi connectivity index (χ3n) is 2.20. The number of rotatable bonds is 7. The summed E-state index contributed by atoms with van der Waals surface area (Å²) < 4.78 is 29.7. The summed E-state index contributed by atoms with van der Waals surface area (Å²) in [6.07, 6.45) is 0. The molecule has 3 N–H and O–H groups in total. The summed E-state index contributed by atoms with van der Waals surface area (Å²) >= 11 is 0. The highest BCUT2D eigenvalue weighted by Gasteiger charge is 2.12. The summed E-state index contributed by atoms with van der Waals surface area (Å²) in [4.78, 5) is 0. The Kier molecular flexibility index (Phi) is 4.85. The molecule has 9 heteroatoms. The van der Waals surface area contributed by atoms with Crippen molar-refractivity contribution in [2.45, 2.75) is 13.0 Å². The van der Waals surface area contributed by atoms with Gasteiger partial charge in [-0.15, -0.1) is 5.10 Å². The first-order chi connectivity index (χ1) is 7.98. The second kappa shape index (κ2) is 5.94. The maximum Gasteiger partial charge on any atom is 0.315 e. The zero-order valence-electron chi connectivity index (χ0n) is 10.0. The maximum atomic E-state index is 11.1. The second-order valence-corrected chi connectivity index (χ2v) is 5.45. The van der Waals surface area contributed by atoms with Gasteiger partial charge in [0.05, 0.1) is 11.8 Å². The molecule has 0 aliphatic heterocycles. The van der Waals surface area contributed by atoms with Crippen LogP contribution >= 0.6 is 0 Å². The van der Waals surface area contributed by atoms with E-state index in [9.17, 15) is 8.42 Å². The summed E-state index contributed by atoms with van der Waals surface area (Å²) in [5, 5.41) is 13.3. The number of hydrogen-bond donors (Lipinski definition) is 3. The molecule has 0 bridgehead atoms. The number of nitrogens with zero attached hydrogens (tertiary/aromatic N) is 2. The SMILES string of the molecule is CNC(C)c1nnc(NCCS(=O)(=O)NC)o1. The molecule has 98 valence electrons. The topological polar surface area (TPSA) is 109 Å². The highest BCUT2D eigenvalue weighted by molar-refractivity contribution is 7.89. The average molecular weight is 263 g/mol. The molecule has 0 spiro atoms. The summed E-state index contributed by atoms with van der Waals surface area (Å²) in [6.45, 7) is 2.08. The van der Waals surface area contributed by atoms with Crippen molar-refractivity contribution in [3.05, 3.63) is 5.89 Å². The minimum Gasteiger partial charge on any atom is -0.406 e. The van der Waals surface area contributed by atoms with Crippen molar-refractivity contribution >= 4 is 16.0 Å². The lowest BCUT2D eigenvalue weighted by atomic mass is 10.3. The van der Waals surface area contributed by atoms with E-state index in [1.54, 1.807) is 7.05 Å². The Morgan fingerprint density at radius 1 is 1.35 bits per heavy atom. The Morgan fingerprint density at radius 2 is 2.06 bits per heavy atom. The summed E-state index contributed by atoms with van der Waals surface area (Å²) in [5.74, 6) is 0.398. The molecule has 0 saturated carbocycles. The minimum atomic E-state index is -3.22. The molecular weight excluding hydrogens is 246 g/mol. The summed E-state index contributed by atoms with van der Waals surface area (Å²) in [7, 11) is -0.0695. The number of anilines is 1. The maximum absolute atomic E-state index is 11.1. The Balaban J connectivity index is 2.45. The van der Waals surface area contributed by atoms with Crippen LogP contribution < -0.4 is 15.4 Å². The fraction of sp³-hybridized carbons (Fsp3) is 0.750. The van der Waals surface area contributed by atoms with Crippen LogP contribution in [0.25, 0.3) is 0 Å². The van der Waals surface area contributed by atoms with Crippen molar-refractivity contribution < 1.29 is 12.8 Å². The Hall–Kier alpha value is -1.19. The van der Waals surface area contributed by atoms with E-state index in [1.165, 1.54) is 7.05 Å². The van der Waals surface area contributed by atoms with Gasteiger partial charge in [-0.25, -0.2) is 13.1 Å². The van der Waals surface area contributed by atoms with Gasteiger partial charge in [-0.05, 0) is 21.0 Å². The minimum absolute atomic E-state index is 0.0425. The van der Waals surface area contributed by atoms with Gasteiger partial charge in [0.2, 0.25) is 15.9 Å². The first kappa shape index (κ1) is 13.9. The molecule has 1 aromatic rings. The van der Waals surface area contributed by atoms with Gasteiger partial charge in [0.1, 0.15) is 0 Å². The van der Waals surface area contributed by atoms with E-state index in [-0.39, 0.29) is 24.4 Å². The van der Waals surface area contributed by atoms with Gasteiger partial charge in [0.25, 0.3) is 0 Å². The lowest BCUT2D eigenvalue weighted by Crippen LogP contribution is -2.26. The fourth-order valence-electron chi connectivity index (χ4n) is 0.999. The second-order valence-electron chi connectivity index (χ2n) is 3.41. The Labute approximate surface area is 100 Å². The molecule has 1 atom stereocenters. The molecule has 17 heavy (non-hydrogen) atoms. The zero-order valence-corrected chi connectivity index (χ0v) is 10.8. The molecule has 0 radical (unpaired) electrons. The zero-order chi connectivity index (χ0) is 12.9. The van der Waals surface area contributed by atoms with E-state index in [0.29, 0.717) is 5.89 Å². The van der Waals surface area contributed by atoms with Crippen LogP contribution in [0.1, 0.15) is 18.9 Å². The molecule has 1 rings (SSSR count). The van der Waals surface area contributed by atoms with E-state index in [0.717, 1.165) is 0 Å². The number of hydrogen-bond acceptors (Lipinski definition) is 7. The molecule has 0 aromatic carbocycles. The van der Waals surface area contributed by atoms with Gasteiger partial charge in [0, 0.05) is 6.54 Å². The van der Waals surface area contributed by atoms with Crippen LogP contribution in [-0.4, -0.2) is 45.0 Å². The van der Waals surface area contributed by atoms with Gasteiger partial charge >= 0.3 is 6.01 Å². The molecule has 8 nitrogen and oxygen atoms in total. The van der Waals surface area contributed by atoms with Gasteiger partial charge in [-0.1, -0.05) is 5.10 Å². The van der Waals surface area contributed by atoms with E-state index < -0.39 is 10.0 Å². The molecule has 0 amide bonds. The van der Waals surface area contributed by atoms with Crippen LogP contribution in [0.2, 0.25) is 0 Å². The lowest BCUT2D eigenvalue weighted by molar-refractivity contribution is 0.441. The standard InChI is InChI=1S/C8H17N5O3S/c1-6(9-2)7-12-13-8(16-7)11-4-5-17(14,15)10-3/h6,9-10H,4-5H2,1-3H3,(H,11,13). The quantitative estimate of drug-likeness (QED) is 0.597. The highest BCUT2D eigenvalue weighted by atomic mass is 32.2. The smallest absolute Gasteiger partial charge is 0.315 e. The van der Waals surface area contributed by atoms with E-state index in [1.807, 2.05) is 6.92 Å². The van der Waals surface area contributed by atoms with Crippen LogP contribution in [0, 0.1) is 0 Å². The molecule has 1 unspecified atom stereocenters. The third kappa shape index (κ3) is 4.29. The average Bonchev–Trinajstić information content (AvgIpc) is 2.76. The van der Waals surface area contributed by atoms with Crippen molar-refractivity contribution in [2.75, 3.05) is 31.7 Å². The summed E-state index contributed by atoms with van der Waals surface area (Å²) in [5.41, 5.74) is 0. The molecule has 0 fully saturated rings. The van der Waals surface area contributed by atoms with Crippen LogP contribution in [0.5, 0.6) is 0 Å². The van der Waals surface area contributed by atoms with Crippen LogP contribution in [0.4, 0.5) is 6.01 Å². The van der Waals surface area contributed by atoms with Crippen LogP contribution in [0.15, 0.2) is 4.42 Å². The predicted molar refractivity (Wildman–Crippen MR) is 63.1 cm³/mol. The highest BCUT2D eigenvalue weighted by Crippen LogP contribution is 2.12. The predicted octanol–water partition coefficient (Wildman–Crippen LogP) is -0.689. The molecule has 1 heterocycles. The van der Waals surface area contributed by atoms with E-state index >= 15 is 0 Å². The van der Waals surface area contributed by atoms with Gasteiger partial charge in [-0.3, -0.25) is 0 Å². The largest absolute Gasteiger partial charge is 0.406 e. The fourth-order valence-corrected chi connectivity index (χ4v) is 1.57. The first-order valence-electron chi connectivity index (χ1n) is 5.14. The molecule has 0 aliphatic rings. The number of nitrogens with one attached hydrogen (secondary N) is 3. The van der Waals surface area contributed by atoms with E-state index in [2.05, 4.69) is 25.6 Å². The van der Waals surface area contributed by atoms with Crippen molar-refractivity contribution in [1.82, 2.24) is 20.2 Å². The van der Waals surface area contributed by atoms with Crippen molar-refractivity contribution in [3.63, 3.8) is 0 Å². The van der Waals surface area contributed by atoms with E-state index in [4.69, 9.17) is 4.42 Å². The molecular formula is C8H17N5O3S. The van der Waals surface area contributed by atoms with Crippen LogP contribution in [0.3, 0.4) is 0 Å². The Bertz CT molecular complexity index is 444. The molecule has 0 aliphatic carbocycles. The van der Waals surface area contributed by atoms with Gasteiger partial charge < -0.3 is 15.1 Å². The van der Waals surface area contributed by atoms with Gasteiger partial charge in [-0.2, -0.15) is 0 Å². The Morgan fingerprint density at radius 3 is 2.65 bits per heavy atom. The van der Waals surface area contributed by atoms with Gasteiger partial charge in [0.15, 0.2) is 0 Å². The number of aromatic nitrogens is 2. The lowest BCUT2D eigenvalue weighted by Gasteiger charge is -2.03. The monoisotopic (exact) mass is 263 g/mol. The molecule has 0 saturated heterocycles. The molecule has 1 aromatic heterocycles. The van der Waals surface area contributed by atoms with Crippen molar-refractivity contribution in [1.29, 1.82) is 0 Å². The van der Waals surface area contributed by atoms with Crippen molar-refractivity contribution in [3.8, 4) is 0 Å². The van der Waals surface area contributed by atoms with Crippen LogP contribution in [-0.2, 0) is 10.0 Å².